The molecule has 2 saturated heterocycles. The molecular weight excluding hydrogens is 760 g/mol. The Balaban J connectivity index is 0.839. The van der Waals surface area contributed by atoms with Crippen LogP contribution in [-0.4, -0.2) is 90.3 Å². The lowest BCUT2D eigenvalue weighted by Gasteiger charge is -2.63. The Hall–Kier alpha value is -5.45. The van der Waals surface area contributed by atoms with E-state index in [0.29, 0.717) is 53.3 Å². The van der Waals surface area contributed by atoms with Crippen LogP contribution in [0.15, 0.2) is 54.6 Å². The second-order valence-electron chi connectivity index (χ2n) is 17.3. The molecule has 0 aromatic heterocycles. The van der Waals surface area contributed by atoms with E-state index in [-0.39, 0.29) is 52.9 Å². The molecular formula is C44H47ClN6O7. The first-order valence-corrected chi connectivity index (χ1v) is 20.3. The number of amides is 5. The van der Waals surface area contributed by atoms with Crippen molar-refractivity contribution in [3.63, 3.8) is 0 Å². The highest BCUT2D eigenvalue weighted by Crippen LogP contribution is 2.55. The molecule has 0 spiro atoms. The molecule has 14 heteroatoms. The molecule has 0 radical (unpaired) electrons. The van der Waals surface area contributed by atoms with Crippen LogP contribution in [0.3, 0.4) is 0 Å². The first-order valence-electron chi connectivity index (χ1n) is 19.9. The highest BCUT2D eigenvalue weighted by Gasteiger charge is 2.64. The molecule has 3 fully saturated rings. The minimum atomic E-state index is -1.01. The molecule has 1 unspecified atom stereocenters. The van der Waals surface area contributed by atoms with Crippen LogP contribution in [0.2, 0.25) is 5.02 Å². The van der Waals surface area contributed by atoms with Gasteiger partial charge in [-0.3, -0.25) is 39.1 Å². The average Bonchev–Trinajstić information content (AvgIpc) is 3.30. The lowest BCUT2D eigenvalue weighted by atomic mass is 9.49. The molecule has 8 rings (SSSR count). The number of imide groups is 2. The third-order valence-electron chi connectivity index (χ3n) is 12.7. The summed E-state index contributed by atoms with van der Waals surface area (Å²) >= 11 is 6.25. The summed E-state index contributed by atoms with van der Waals surface area (Å²) in [7, 11) is 0. The lowest BCUT2D eigenvalue weighted by Crippen LogP contribution is -2.74. The topological polar surface area (TPSA) is 161 Å². The molecule has 0 bridgehead atoms. The van der Waals surface area contributed by atoms with Crippen molar-refractivity contribution in [2.45, 2.75) is 78.1 Å². The fraction of sp³-hybridized carbons (Fsp3) is 0.455. The van der Waals surface area contributed by atoms with E-state index in [1.165, 1.54) is 0 Å². The molecule has 4 heterocycles. The third kappa shape index (κ3) is 7.06. The lowest BCUT2D eigenvalue weighted by molar-refractivity contribution is -0.164. The van der Waals surface area contributed by atoms with Crippen LogP contribution in [0.5, 0.6) is 11.5 Å². The van der Waals surface area contributed by atoms with Crippen LogP contribution < -0.4 is 25.0 Å². The number of anilines is 1. The average molecular weight is 807 g/mol. The highest BCUT2D eigenvalue weighted by molar-refractivity contribution is 6.31. The molecule has 58 heavy (non-hydrogen) atoms. The number of ether oxygens (including phenoxy) is 2. The Morgan fingerprint density at radius 1 is 0.948 bits per heavy atom. The maximum absolute atomic E-state index is 13.5. The Bertz CT molecular complexity index is 2230. The summed E-state index contributed by atoms with van der Waals surface area (Å²) in [6, 6.07) is 17.1. The number of rotatable bonds is 8. The van der Waals surface area contributed by atoms with E-state index < -0.39 is 29.7 Å². The summed E-state index contributed by atoms with van der Waals surface area (Å²) in [5.74, 6) is -0.614. The molecule has 302 valence electrons. The van der Waals surface area contributed by atoms with E-state index in [1.54, 1.807) is 30.3 Å². The van der Waals surface area contributed by atoms with Crippen LogP contribution in [0.1, 0.15) is 95.6 Å². The van der Waals surface area contributed by atoms with Crippen LogP contribution in [0, 0.1) is 28.1 Å². The van der Waals surface area contributed by atoms with Gasteiger partial charge in [-0.2, -0.15) is 5.26 Å². The van der Waals surface area contributed by atoms with Crippen molar-refractivity contribution in [1.29, 1.82) is 5.26 Å². The standard InChI is InChI=1S/C44H47ClN6O7/c1-43(2)41(44(3,4)42(43)58-30-10-7-27(22-46)33(45)20-30)48-37(53)26-5-8-29(9-6-26)50-15-13-25(14-16-50)23-49-17-18-57-35-21-32-31(19-28(35)24-49)39(55)51(40(32)56)34-11-12-36(52)47-38(34)54/h5-10,19-21,25,34,41-42H,11-18,23-24H2,1-4H3,(H,48,53)(H,47,52,54)/t34?,41-,42-. The van der Waals surface area contributed by atoms with Gasteiger partial charge in [-0.1, -0.05) is 39.3 Å². The Kier molecular flexibility index (Phi) is 10.2. The van der Waals surface area contributed by atoms with Gasteiger partial charge in [0.1, 0.15) is 36.3 Å². The van der Waals surface area contributed by atoms with E-state index >= 15 is 0 Å². The van der Waals surface area contributed by atoms with Crippen molar-refractivity contribution >= 4 is 46.8 Å². The molecule has 13 nitrogen and oxygen atoms in total. The summed E-state index contributed by atoms with van der Waals surface area (Å²) in [4.78, 5) is 70.2. The van der Waals surface area contributed by atoms with Crippen molar-refractivity contribution in [3.8, 4) is 17.6 Å². The number of hydrogen-bond donors (Lipinski definition) is 2. The van der Waals surface area contributed by atoms with Gasteiger partial charge < -0.3 is 19.7 Å². The van der Waals surface area contributed by atoms with E-state index in [9.17, 15) is 29.2 Å². The Morgan fingerprint density at radius 3 is 2.29 bits per heavy atom. The van der Waals surface area contributed by atoms with Crippen LogP contribution in [0.4, 0.5) is 5.69 Å². The van der Waals surface area contributed by atoms with Crippen LogP contribution >= 0.6 is 11.6 Å². The highest BCUT2D eigenvalue weighted by atomic mass is 35.5. The molecule has 4 aliphatic heterocycles. The van der Waals surface area contributed by atoms with E-state index in [1.807, 2.05) is 24.3 Å². The minimum Gasteiger partial charge on any atom is -0.492 e. The second-order valence-corrected chi connectivity index (χ2v) is 17.7. The van der Waals surface area contributed by atoms with E-state index in [4.69, 9.17) is 21.1 Å². The summed E-state index contributed by atoms with van der Waals surface area (Å²) < 4.78 is 12.5. The first-order chi connectivity index (χ1) is 27.6. The molecule has 2 N–H and O–H groups in total. The zero-order valence-corrected chi connectivity index (χ0v) is 33.9. The number of benzene rings is 3. The Labute approximate surface area is 342 Å². The van der Waals surface area contributed by atoms with Gasteiger partial charge in [-0.25, -0.2) is 0 Å². The SMILES string of the molecule is CC1(C)[C@H](NC(=O)c2ccc(N3CCC(CN4CCOc5cc6c(cc5C4)C(=O)N(C4CCC(=O)NC4=O)C6=O)CC3)cc2)C(C)(C)[C@H]1Oc1ccc(C#N)c(Cl)c1. The minimum absolute atomic E-state index is 0.0690. The number of halogens is 1. The quantitative estimate of drug-likeness (QED) is 0.285. The smallest absolute Gasteiger partial charge is 0.262 e. The van der Waals surface area contributed by atoms with Gasteiger partial charge in [0.05, 0.1) is 21.7 Å². The maximum Gasteiger partial charge on any atom is 0.262 e. The number of nitrogens with zero attached hydrogens (tertiary/aromatic N) is 4. The predicted molar refractivity (Wildman–Crippen MR) is 215 cm³/mol. The monoisotopic (exact) mass is 806 g/mol. The van der Waals surface area contributed by atoms with Gasteiger partial charge in [-0.15, -0.1) is 0 Å². The summed E-state index contributed by atoms with van der Waals surface area (Å²) in [5, 5.41) is 15.1. The number of carbonyl (C=O) groups excluding carboxylic acids is 5. The van der Waals surface area contributed by atoms with Crippen molar-refractivity contribution < 1.29 is 33.4 Å². The van der Waals surface area contributed by atoms with Crippen molar-refractivity contribution in [2.24, 2.45) is 16.7 Å². The largest absolute Gasteiger partial charge is 0.492 e. The number of piperidine rings is 2. The van der Waals surface area contributed by atoms with Crippen molar-refractivity contribution in [1.82, 2.24) is 20.4 Å². The maximum atomic E-state index is 13.5. The number of carbonyl (C=O) groups is 5. The Morgan fingerprint density at radius 2 is 1.64 bits per heavy atom. The number of hydrogen-bond acceptors (Lipinski definition) is 10. The van der Waals surface area contributed by atoms with Gasteiger partial charge in [0.2, 0.25) is 11.8 Å². The summed E-state index contributed by atoms with van der Waals surface area (Å²) in [6.07, 6.45) is 1.97. The molecule has 1 atom stereocenters. The summed E-state index contributed by atoms with van der Waals surface area (Å²) in [6.45, 7) is 12.7. The summed E-state index contributed by atoms with van der Waals surface area (Å²) in [5.41, 5.74) is 2.64. The normalized spacial score (nSPS) is 24.1. The molecule has 5 aliphatic rings. The van der Waals surface area contributed by atoms with Crippen molar-refractivity contribution in [2.75, 3.05) is 37.7 Å². The van der Waals surface area contributed by atoms with Crippen LogP contribution in [0.25, 0.3) is 0 Å². The number of nitriles is 1. The zero-order chi connectivity index (χ0) is 41.1. The van der Waals surface area contributed by atoms with Gasteiger partial charge in [0.15, 0.2) is 0 Å². The molecule has 5 amide bonds. The molecule has 3 aromatic carbocycles. The van der Waals surface area contributed by atoms with Gasteiger partial charge >= 0.3 is 0 Å². The van der Waals surface area contributed by atoms with E-state index in [2.05, 4.69) is 54.2 Å². The first kappa shape index (κ1) is 39.4. The predicted octanol–water partition coefficient (Wildman–Crippen LogP) is 5.34. The molecule has 1 aliphatic carbocycles. The second kappa shape index (κ2) is 15.1. The van der Waals surface area contributed by atoms with Gasteiger partial charge in [0.25, 0.3) is 17.7 Å². The third-order valence-corrected chi connectivity index (χ3v) is 13.0. The van der Waals surface area contributed by atoms with Gasteiger partial charge in [-0.05, 0) is 73.7 Å². The number of nitrogens with one attached hydrogen (secondary N) is 2. The van der Waals surface area contributed by atoms with Gasteiger partial charge in [0, 0.05) is 78.9 Å². The number of fused-ring (bicyclic) bond motifs is 2. The van der Waals surface area contributed by atoms with Crippen LogP contribution in [-0.2, 0) is 16.1 Å². The fourth-order valence-electron chi connectivity index (χ4n) is 9.93. The van der Waals surface area contributed by atoms with Crippen molar-refractivity contribution in [3.05, 3.63) is 87.4 Å². The fourth-order valence-corrected chi connectivity index (χ4v) is 10.1. The van der Waals surface area contributed by atoms with E-state index in [0.717, 1.165) is 48.6 Å². The molecule has 1 saturated carbocycles. The zero-order valence-electron chi connectivity index (χ0n) is 33.1. The molecule has 3 aromatic rings.